The number of aromatic nitrogens is 1. The zero-order chi connectivity index (χ0) is 24.2. The summed E-state index contributed by atoms with van der Waals surface area (Å²) in [4.78, 5) is 29.6. The molecule has 0 fully saturated rings. The number of methoxy groups -OCH3 is 1. The first-order valence-corrected chi connectivity index (χ1v) is 12.7. The summed E-state index contributed by atoms with van der Waals surface area (Å²) in [6, 6.07) is 7.54. The minimum Gasteiger partial charge on any atom is -0.507 e. The molecule has 0 saturated heterocycles. The van der Waals surface area contributed by atoms with E-state index < -0.39 is 5.97 Å². The number of aryl methyl sites for hydroxylation is 1. The molecular formula is C27H30N2O4S. The molecule has 2 aliphatic heterocycles. The highest BCUT2D eigenvalue weighted by atomic mass is 32.1. The first-order chi connectivity index (χ1) is 16.2. The van der Waals surface area contributed by atoms with Crippen LogP contribution in [0.15, 0.2) is 29.6 Å². The van der Waals surface area contributed by atoms with Crippen molar-refractivity contribution < 1.29 is 19.4 Å². The Kier molecular flexibility index (Phi) is 5.55. The number of thiophene rings is 1. The lowest BCUT2D eigenvalue weighted by molar-refractivity contribution is 0.0556. The monoisotopic (exact) mass is 478 g/mol. The first kappa shape index (κ1) is 22.7. The molecule has 34 heavy (non-hydrogen) atoms. The maximum atomic E-state index is 14.1. The van der Waals surface area contributed by atoms with Crippen LogP contribution in [0.1, 0.15) is 65.6 Å². The van der Waals surface area contributed by atoms with E-state index >= 15 is 0 Å². The summed E-state index contributed by atoms with van der Waals surface area (Å²) in [6.45, 7) is 7.66. The molecule has 2 aliphatic rings. The van der Waals surface area contributed by atoms with Crippen molar-refractivity contribution in [3.05, 3.63) is 52.0 Å². The SMILES string of the molecule is COC(=O)c1cc2c(cc1O)CCn1c3c(c(-c4cccs4)c1-2)CCCCN(C(C)(C)C)C3=O. The number of nitrogens with zero attached hydrogens (tertiary/aromatic N) is 2. The van der Waals surface area contributed by atoms with Gasteiger partial charge in [-0.1, -0.05) is 6.07 Å². The molecule has 3 aromatic rings. The molecule has 1 N–H and O–H groups in total. The van der Waals surface area contributed by atoms with Crippen LogP contribution in [0.2, 0.25) is 0 Å². The zero-order valence-corrected chi connectivity index (χ0v) is 20.9. The number of phenolic OH excluding ortho intramolecular Hbond substituents is 1. The minimum absolute atomic E-state index is 0.0710. The molecule has 4 heterocycles. The van der Waals surface area contributed by atoms with E-state index in [2.05, 4.69) is 36.8 Å². The molecule has 6 nitrogen and oxygen atoms in total. The highest BCUT2D eigenvalue weighted by Gasteiger charge is 2.37. The molecule has 5 rings (SSSR count). The second-order valence-electron chi connectivity index (χ2n) is 10.0. The van der Waals surface area contributed by atoms with Crippen LogP contribution in [-0.4, -0.2) is 45.6 Å². The number of esters is 1. The van der Waals surface area contributed by atoms with E-state index in [1.165, 1.54) is 7.11 Å². The van der Waals surface area contributed by atoms with E-state index in [1.54, 1.807) is 23.5 Å². The van der Waals surface area contributed by atoms with Crippen molar-refractivity contribution in [3.8, 4) is 27.4 Å². The van der Waals surface area contributed by atoms with Gasteiger partial charge in [-0.05, 0) is 81.2 Å². The number of aromatic hydroxyl groups is 1. The van der Waals surface area contributed by atoms with Crippen molar-refractivity contribution >= 4 is 23.2 Å². The van der Waals surface area contributed by atoms with Gasteiger partial charge in [-0.15, -0.1) is 11.3 Å². The van der Waals surface area contributed by atoms with E-state index in [-0.39, 0.29) is 22.8 Å². The fourth-order valence-electron chi connectivity index (χ4n) is 5.35. The number of hydrogen-bond donors (Lipinski definition) is 1. The molecule has 0 aliphatic carbocycles. The second-order valence-corrected chi connectivity index (χ2v) is 11.0. The third-order valence-corrected chi connectivity index (χ3v) is 7.82. The smallest absolute Gasteiger partial charge is 0.341 e. The predicted molar refractivity (Wildman–Crippen MR) is 134 cm³/mol. The van der Waals surface area contributed by atoms with E-state index in [0.29, 0.717) is 13.0 Å². The third kappa shape index (κ3) is 3.54. The van der Waals surface area contributed by atoms with Crippen LogP contribution in [0.4, 0.5) is 0 Å². The van der Waals surface area contributed by atoms with Gasteiger partial charge in [0.05, 0.1) is 12.8 Å². The van der Waals surface area contributed by atoms with Gasteiger partial charge in [0.1, 0.15) is 17.0 Å². The molecule has 178 valence electrons. The number of rotatable bonds is 2. The number of benzene rings is 1. The number of ether oxygens (including phenoxy) is 1. The number of fused-ring (bicyclic) bond motifs is 5. The Morgan fingerprint density at radius 2 is 1.91 bits per heavy atom. The third-order valence-electron chi connectivity index (χ3n) is 6.93. The van der Waals surface area contributed by atoms with Crippen molar-refractivity contribution in [2.75, 3.05) is 13.7 Å². The summed E-state index contributed by atoms with van der Waals surface area (Å²) in [5.74, 6) is -0.576. The fourth-order valence-corrected chi connectivity index (χ4v) is 6.15. The normalized spacial score (nSPS) is 15.8. The molecule has 0 unspecified atom stereocenters. The van der Waals surface area contributed by atoms with Gasteiger partial charge in [0.15, 0.2) is 0 Å². The Labute approximate surface area is 203 Å². The number of carbonyl (C=O) groups excluding carboxylic acids is 2. The van der Waals surface area contributed by atoms with Crippen LogP contribution in [0.25, 0.3) is 21.7 Å². The molecule has 0 atom stereocenters. The topological polar surface area (TPSA) is 71.8 Å². The summed E-state index contributed by atoms with van der Waals surface area (Å²) >= 11 is 1.66. The summed E-state index contributed by atoms with van der Waals surface area (Å²) in [5, 5.41) is 12.6. The number of carbonyl (C=O) groups is 2. The van der Waals surface area contributed by atoms with E-state index in [9.17, 15) is 14.7 Å². The predicted octanol–water partition coefficient (Wildman–Crippen LogP) is 5.51. The van der Waals surface area contributed by atoms with E-state index in [0.717, 1.165) is 64.3 Å². The number of hydrogen-bond acceptors (Lipinski definition) is 5. The fraction of sp³-hybridized carbons (Fsp3) is 0.407. The Balaban J connectivity index is 1.83. The molecule has 2 aromatic heterocycles. The summed E-state index contributed by atoms with van der Waals surface area (Å²) < 4.78 is 7.08. The molecular weight excluding hydrogens is 448 g/mol. The van der Waals surface area contributed by atoms with Crippen molar-refractivity contribution in [1.29, 1.82) is 0 Å². The second kappa shape index (κ2) is 8.31. The van der Waals surface area contributed by atoms with Gasteiger partial charge in [-0.25, -0.2) is 4.79 Å². The highest BCUT2D eigenvalue weighted by molar-refractivity contribution is 7.13. The number of amides is 1. The van der Waals surface area contributed by atoms with Crippen LogP contribution < -0.4 is 0 Å². The van der Waals surface area contributed by atoms with Crippen LogP contribution in [0.5, 0.6) is 5.75 Å². The Bertz CT molecular complexity index is 1280. The quantitative estimate of drug-likeness (QED) is 0.493. The Morgan fingerprint density at radius 3 is 2.59 bits per heavy atom. The molecule has 0 radical (unpaired) electrons. The van der Waals surface area contributed by atoms with E-state index in [4.69, 9.17) is 4.74 Å². The van der Waals surface area contributed by atoms with E-state index in [1.807, 2.05) is 11.0 Å². The minimum atomic E-state index is -0.574. The Morgan fingerprint density at radius 1 is 1.12 bits per heavy atom. The van der Waals surface area contributed by atoms with Gasteiger partial charge in [0, 0.05) is 34.6 Å². The standard InChI is InChI=1S/C27H30N2O4S/c1-27(2,3)29-11-6-5-8-17-22(21-9-7-13-34-21)23-18-15-19(26(32)33-4)20(30)14-16(18)10-12-28(23)24(17)25(29)31/h7,9,13-15,30H,5-6,8,10-12H2,1-4H3. The summed E-state index contributed by atoms with van der Waals surface area (Å²) in [7, 11) is 1.31. The molecule has 1 aromatic carbocycles. The molecule has 7 heteroatoms. The van der Waals surface area contributed by atoms with Crippen LogP contribution in [0, 0.1) is 0 Å². The van der Waals surface area contributed by atoms with Crippen LogP contribution in [-0.2, 0) is 24.1 Å². The number of phenols is 1. The lowest BCUT2D eigenvalue weighted by atomic mass is 9.91. The van der Waals surface area contributed by atoms with Gasteiger partial charge >= 0.3 is 5.97 Å². The van der Waals surface area contributed by atoms with Crippen molar-refractivity contribution in [3.63, 3.8) is 0 Å². The summed E-state index contributed by atoms with van der Waals surface area (Å²) in [6.07, 6.45) is 3.48. The maximum absolute atomic E-state index is 14.1. The lowest BCUT2D eigenvalue weighted by Crippen LogP contribution is -2.47. The molecule has 1 amide bonds. The maximum Gasteiger partial charge on any atom is 0.341 e. The molecule has 0 bridgehead atoms. The zero-order valence-electron chi connectivity index (χ0n) is 20.1. The van der Waals surface area contributed by atoms with Gasteiger partial charge < -0.3 is 19.3 Å². The van der Waals surface area contributed by atoms with Gasteiger partial charge in [0.2, 0.25) is 0 Å². The molecule has 0 saturated carbocycles. The molecule has 0 spiro atoms. The highest BCUT2D eigenvalue weighted by Crippen LogP contribution is 2.47. The average Bonchev–Trinajstić information content (AvgIpc) is 3.41. The van der Waals surface area contributed by atoms with Gasteiger partial charge in [-0.2, -0.15) is 0 Å². The first-order valence-electron chi connectivity index (χ1n) is 11.8. The Hall–Kier alpha value is -3.06. The van der Waals surface area contributed by atoms with Crippen molar-refractivity contribution in [1.82, 2.24) is 9.47 Å². The van der Waals surface area contributed by atoms with Crippen molar-refractivity contribution in [2.24, 2.45) is 0 Å². The van der Waals surface area contributed by atoms with Gasteiger partial charge in [-0.3, -0.25) is 4.79 Å². The average molecular weight is 479 g/mol. The largest absolute Gasteiger partial charge is 0.507 e. The van der Waals surface area contributed by atoms with Crippen molar-refractivity contribution in [2.45, 2.75) is 58.5 Å². The van der Waals surface area contributed by atoms with Gasteiger partial charge in [0.25, 0.3) is 5.91 Å². The van der Waals surface area contributed by atoms with Crippen LogP contribution in [0.3, 0.4) is 0 Å². The van der Waals surface area contributed by atoms with Crippen LogP contribution >= 0.6 is 11.3 Å². The lowest BCUT2D eigenvalue weighted by Gasteiger charge is -2.37. The summed E-state index contributed by atoms with van der Waals surface area (Å²) in [5.41, 5.74) is 5.62.